The van der Waals surface area contributed by atoms with Crippen molar-refractivity contribution in [2.75, 3.05) is 11.9 Å². The van der Waals surface area contributed by atoms with E-state index in [1.54, 1.807) is 0 Å². The highest BCUT2D eigenvalue weighted by Crippen LogP contribution is 2.40. The van der Waals surface area contributed by atoms with Gasteiger partial charge in [-0.3, -0.25) is 0 Å². The molecule has 0 bridgehead atoms. The number of urea groups is 1. The van der Waals surface area contributed by atoms with Crippen LogP contribution in [0.3, 0.4) is 0 Å². The van der Waals surface area contributed by atoms with Crippen LogP contribution in [0.1, 0.15) is 102 Å². The molecule has 34 heavy (non-hydrogen) atoms. The lowest BCUT2D eigenvalue weighted by Crippen LogP contribution is -2.44. The maximum atomic E-state index is 13.2. The number of hydrogen-bond acceptors (Lipinski definition) is 2. The molecule has 2 aromatic heterocycles. The zero-order valence-electron chi connectivity index (χ0n) is 21.6. The van der Waals surface area contributed by atoms with Crippen molar-refractivity contribution >= 4 is 22.8 Å². The second kappa shape index (κ2) is 9.81. The molecule has 0 saturated heterocycles. The number of nitrogens with one attached hydrogen (secondary N) is 2. The molecular formula is C29H40N4O. The number of hydrogen-bond donors (Lipinski definition) is 2. The van der Waals surface area contributed by atoms with Crippen LogP contribution >= 0.6 is 0 Å². The molecule has 5 nitrogen and oxygen atoms in total. The average molecular weight is 461 g/mol. The number of aromatic nitrogens is 2. The molecule has 0 atom stereocenters. The Morgan fingerprint density at radius 1 is 0.941 bits per heavy atom. The second-order valence-electron chi connectivity index (χ2n) is 10.8. The highest BCUT2D eigenvalue weighted by Gasteiger charge is 2.38. The van der Waals surface area contributed by atoms with Crippen molar-refractivity contribution in [3.63, 3.8) is 0 Å². The number of benzene rings is 1. The maximum Gasteiger partial charge on any atom is 0.319 e. The molecule has 0 spiro atoms. The largest absolute Gasteiger partial charge is 0.335 e. The Labute approximate surface area is 204 Å². The quantitative estimate of drug-likeness (QED) is 0.383. The van der Waals surface area contributed by atoms with Gasteiger partial charge in [0.15, 0.2) is 0 Å². The van der Waals surface area contributed by atoms with E-state index in [0.717, 1.165) is 24.2 Å². The fourth-order valence-electron chi connectivity index (χ4n) is 5.54. The summed E-state index contributed by atoms with van der Waals surface area (Å²) >= 11 is 0. The number of para-hydroxylation sites is 1. The first kappa shape index (κ1) is 24.3. The lowest BCUT2D eigenvalue weighted by atomic mass is 9.92. The lowest BCUT2D eigenvalue weighted by Gasteiger charge is -2.32. The molecule has 0 aliphatic heterocycles. The molecule has 1 aliphatic rings. The van der Waals surface area contributed by atoms with E-state index in [0.29, 0.717) is 24.3 Å². The van der Waals surface area contributed by atoms with Gasteiger partial charge in [-0.15, -0.1) is 0 Å². The van der Waals surface area contributed by atoms with Crippen molar-refractivity contribution in [3.05, 3.63) is 59.4 Å². The molecule has 0 radical (unpaired) electrons. The van der Waals surface area contributed by atoms with Gasteiger partial charge in [0.1, 0.15) is 5.65 Å². The summed E-state index contributed by atoms with van der Waals surface area (Å²) in [5.41, 5.74) is 5.53. The smallest absolute Gasteiger partial charge is 0.319 e. The predicted molar refractivity (Wildman–Crippen MR) is 142 cm³/mol. The van der Waals surface area contributed by atoms with E-state index < -0.39 is 0 Å². The van der Waals surface area contributed by atoms with Crippen LogP contribution in [0.4, 0.5) is 10.5 Å². The third kappa shape index (κ3) is 4.57. The van der Waals surface area contributed by atoms with Crippen molar-refractivity contribution in [3.8, 4) is 0 Å². The Hall–Kier alpha value is -2.82. The summed E-state index contributed by atoms with van der Waals surface area (Å²) in [6, 6.07) is 10.4. The van der Waals surface area contributed by atoms with Gasteiger partial charge in [-0.25, -0.2) is 9.78 Å². The van der Waals surface area contributed by atoms with E-state index in [4.69, 9.17) is 4.98 Å². The Morgan fingerprint density at radius 3 is 2.15 bits per heavy atom. The minimum atomic E-state index is -0.143. The molecule has 3 aromatic rings. The van der Waals surface area contributed by atoms with Crippen molar-refractivity contribution in [2.24, 2.45) is 0 Å². The molecular weight excluding hydrogens is 420 g/mol. The van der Waals surface area contributed by atoms with E-state index >= 15 is 0 Å². The van der Waals surface area contributed by atoms with Gasteiger partial charge in [0.2, 0.25) is 0 Å². The number of nitrogens with zero attached hydrogens (tertiary/aromatic N) is 2. The van der Waals surface area contributed by atoms with Gasteiger partial charge in [0.25, 0.3) is 0 Å². The van der Waals surface area contributed by atoms with E-state index in [-0.39, 0.29) is 11.6 Å². The van der Waals surface area contributed by atoms with Gasteiger partial charge in [-0.2, -0.15) is 0 Å². The Kier molecular flexibility index (Phi) is 7.01. The fraction of sp³-hybridized carbons (Fsp3) is 0.517. The summed E-state index contributed by atoms with van der Waals surface area (Å²) in [6.07, 6.45) is 8.59. The van der Waals surface area contributed by atoms with Crippen LogP contribution in [0, 0.1) is 0 Å². The first-order valence-corrected chi connectivity index (χ1v) is 12.9. The Balaban J connectivity index is 1.61. The molecule has 2 N–H and O–H groups in total. The molecule has 5 heteroatoms. The highest BCUT2D eigenvalue weighted by atomic mass is 16.2. The van der Waals surface area contributed by atoms with E-state index in [2.05, 4.69) is 87.2 Å². The molecule has 1 aromatic carbocycles. The molecule has 4 rings (SSSR count). The zero-order valence-corrected chi connectivity index (χ0v) is 21.6. The number of amides is 2. The number of anilines is 1. The lowest BCUT2D eigenvalue weighted by molar-refractivity contribution is 0.239. The molecule has 1 aliphatic carbocycles. The summed E-state index contributed by atoms with van der Waals surface area (Å²) in [5.74, 6) is 1.09. The standard InChI is InChI=1S/C29H40N4O/c1-19(2)22-11-9-12-23(20(3)4)26(22)32-28(34)31-18-29(14-7-8-15-29)33-17-25(21(5)6)24-13-10-16-30-27(24)33/h9-13,16-17,19-21H,7-8,14-15,18H2,1-6H3,(H2,31,32,34). The molecule has 2 amide bonds. The van der Waals surface area contributed by atoms with Crippen LogP contribution in [0.5, 0.6) is 0 Å². The molecule has 2 heterocycles. The van der Waals surface area contributed by atoms with Gasteiger partial charge >= 0.3 is 6.03 Å². The summed E-state index contributed by atoms with van der Waals surface area (Å²) < 4.78 is 2.37. The first-order chi connectivity index (χ1) is 16.2. The molecule has 1 fully saturated rings. The van der Waals surface area contributed by atoms with Crippen molar-refractivity contribution in [1.29, 1.82) is 0 Å². The van der Waals surface area contributed by atoms with Crippen molar-refractivity contribution in [1.82, 2.24) is 14.9 Å². The van der Waals surface area contributed by atoms with E-state index in [1.165, 1.54) is 34.9 Å². The van der Waals surface area contributed by atoms with Gasteiger partial charge in [-0.1, -0.05) is 72.6 Å². The van der Waals surface area contributed by atoms with Crippen LogP contribution in [-0.4, -0.2) is 22.1 Å². The Morgan fingerprint density at radius 2 is 1.56 bits per heavy atom. The summed E-state index contributed by atoms with van der Waals surface area (Å²) in [7, 11) is 0. The summed E-state index contributed by atoms with van der Waals surface area (Å²) in [6.45, 7) is 13.8. The van der Waals surface area contributed by atoms with Crippen LogP contribution in [0.2, 0.25) is 0 Å². The number of fused-ring (bicyclic) bond motifs is 1. The zero-order chi connectivity index (χ0) is 24.5. The number of carbonyl (C=O) groups is 1. The van der Waals surface area contributed by atoms with E-state index in [1.807, 2.05) is 12.3 Å². The van der Waals surface area contributed by atoms with Gasteiger partial charge < -0.3 is 15.2 Å². The number of rotatable bonds is 7. The SMILES string of the molecule is CC(C)c1cccc(C(C)C)c1NC(=O)NCC1(n2cc(C(C)C)c3cccnc32)CCCC1. The molecule has 0 unspecified atom stereocenters. The maximum absolute atomic E-state index is 13.2. The predicted octanol–water partition coefficient (Wildman–Crippen LogP) is 7.50. The van der Waals surface area contributed by atoms with Crippen LogP contribution < -0.4 is 10.6 Å². The molecule has 182 valence electrons. The van der Waals surface area contributed by atoms with Crippen molar-refractivity contribution in [2.45, 2.75) is 90.5 Å². The highest BCUT2D eigenvalue weighted by molar-refractivity contribution is 5.91. The van der Waals surface area contributed by atoms with Crippen molar-refractivity contribution < 1.29 is 4.79 Å². The van der Waals surface area contributed by atoms with Crippen LogP contribution in [-0.2, 0) is 5.54 Å². The topological polar surface area (TPSA) is 59.0 Å². The third-order valence-corrected chi connectivity index (χ3v) is 7.45. The Bertz CT molecular complexity index is 1130. The first-order valence-electron chi connectivity index (χ1n) is 12.9. The summed E-state index contributed by atoms with van der Waals surface area (Å²) in [5, 5.41) is 7.69. The van der Waals surface area contributed by atoms with Gasteiger partial charge in [0.05, 0.1) is 5.54 Å². The number of pyridine rings is 1. The van der Waals surface area contributed by atoms with Crippen LogP contribution in [0.25, 0.3) is 11.0 Å². The third-order valence-electron chi connectivity index (χ3n) is 7.45. The monoisotopic (exact) mass is 460 g/mol. The average Bonchev–Trinajstić information content (AvgIpc) is 3.43. The number of carbonyl (C=O) groups excluding carboxylic acids is 1. The minimum absolute atomic E-state index is 0.130. The van der Waals surface area contributed by atoms with Crippen LogP contribution in [0.15, 0.2) is 42.7 Å². The summed E-state index contributed by atoms with van der Waals surface area (Å²) in [4.78, 5) is 18.0. The van der Waals surface area contributed by atoms with Gasteiger partial charge in [-0.05, 0) is 59.4 Å². The fourth-order valence-corrected chi connectivity index (χ4v) is 5.54. The van der Waals surface area contributed by atoms with E-state index in [9.17, 15) is 4.79 Å². The van der Waals surface area contributed by atoms with Gasteiger partial charge in [0, 0.05) is 30.0 Å². The minimum Gasteiger partial charge on any atom is -0.335 e. The molecule has 1 saturated carbocycles. The second-order valence-corrected chi connectivity index (χ2v) is 10.8. The normalized spacial score (nSPS) is 15.6.